The Morgan fingerprint density at radius 2 is 1.71 bits per heavy atom. The largest absolute Gasteiger partial charge is 0.573 e. The summed E-state index contributed by atoms with van der Waals surface area (Å²) < 4.78 is 87.1. The number of carbonyl (C=O) groups excluding carboxylic acids is 1. The first-order valence-corrected chi connectivity index (χ1v) is 4.99. The molecule has 0 N–H and O–H groups in total. The molecule has 1 rings (SSSR count). The van der Waals surface area contributed by atoms with Crippen molar-refractivity contribution in [3.63, 3.8) is 0 Å². The van der Waals surface area contributed by atoms with Gasteiger partial charge in [-0.25, -0.2) is 9.78 Å². The lowest BCUT2D eigenvalue weighted by Crippen LogP contribution is -2.23. The normalized spacial score (nSPS) is 12.0. The molecule has 0 spiro atoms. The maximum Gasteiger partial charge on any atom is 0.573 e. The van der Waals surface area contributed by atoms with Gasteiger partial charge < -0.3 is 14.2 Å². The van der Waals surface area contributed by atoms with Gasteiger partial charge in [0.05, 0.1) is 20.4 Å². The molecule has 0 aliphatic heterocycles. The number of alkyl halides is 6. The summed E-state index contributed by atoms with van der Waals surface area (Å²) in [5.41, 5.74) is -3.30. The molecule has 1 aromatic rings. The lowest BCUT2D eigenvalue weighted by molar-refractivity contribution is -0.275. The highest BCUT2D eigenvalue weighted by atomic mass is 19.4. The molecule has 0 aliphatic carbocycles. The van der Waals surface area contributed by atoms with E-state index in [1.165, 1.54) is 0 Å². The Kier molecular flexibility index (Phi) is 4.54. The molecule has 0 radical (unpaired) electrons. The van der Waals surface area contributed by atoms with Crippen LogP contribution in [0.5, 0.6) is 11.6 Å². The lowest BCUT2D eigenvalue weighted by atomic mass is 10.1. The third kappa shape index (κ3) is 3.89. The molecule has 11 heteroatoms. The van der Waals surface area contributed by atoms with Crippen molar-refractivity contribution in [1.29, 1.82) is 0 Å². The smallest absolute Gasteiger partial charge is 0.481 e. The summed E-state index contributed by atoms with van der Waals surface area (Å²) in [5.74, 6) is -4.21. The van der Waals surface area contributed by atoms with Crippen molar-refractivity contribution in [2.45, 2.75) is 12.5 Å². The fraction of sp³-hybridized carbons (Fsp3) is 0.400. The van der Waals surface area contributed by atoms with E-state index in [-0.39, 0.29) is 6.20 Å². The zero-order chi connectivity index (χ0) is 16.4. The van der Waals surface area contributed by atoms with Crippen molar-refractivity contribution in [2.75, 3.05) is 14.2 Å². The number of halogens is 6. The molecule has 0 aliphatic rings. The summed E-state index contributed by atoms with van der Waals surface area (Å²) in [6.45, 7) is 0. The van der Waals surface area contributed by atoms with Gasteiger partial charge in [-0.1, -0.05) is 0 Å². The molecule has 0 amide bonds. The van der Waals surface area contributed by atoms with Crippen LogP contribution in [0.15, 0.2) is 6.20 Å². The average Bonchev–Trinajstić information content (AvgIpc) is 2.34. The minimum atomic E-state index is -5.32. The van der Waals surface area contributed by atoms with Crippen LogP contribution in [0, 0.1) is 0 Å². The van der Waals surface area contributed by atoms with E-state index in [1.807, 2.05) is 0 Å². The quantitative estimate of drug-likeness (QED) is 0.633. The Balaban J connectivity index is 3.64. The van der Waals surface area contributed by atoms with Gasteiger partial charge in [0.1, 0.15) is 11.1 Å². The fourth-order valence-electron chi connectivity index (χ4n) is 1.40. The Bertz CT molecular complexity index is 540. The number of hydrogen-bond donors (Lipinski definition) is 0. The Morgan fingerprint density at radius 3 is 2.10 bits per heavy atom. The lowest BCUT2D eigenvalue weighted by Gasteiger charge is -2.18. The standard InChI is InChI=1S/C10H7F6NO4/c1-19-7-6(9(11,12)13)5(8(18)20-2)4(3-17-7)21-10(14,15)16/h3H,1-2H3. The number of ether oxygens (including phenoxy) is 3. The molecule has 5 nitrogen and oxygen atoms in total. The zero-order valence-corrected chi connectivity index (χ0v) is 10.4. The van der Waals surface area contributed by atoms with E-state index in [2.05, 4.69) is 19.2 Å². The maximum atomic E-state index is 12.9. The molecule has 1 heterocycles. The van der Waals surface area contributed by atoms with Crippen LogP contribution in [-0.2, 0) is 10.9 Å². The Labute approximate surface area is 113 Å². The van der Waals surface area contributed by atoms with E-state index >= 15 is 0 Å². The van der Waals surface area contributed by atoms with Crippen LogP contribution < -0.4 is 9.47 Å². The van der Waals surface area contributed by atoms with Gasteiger partial charge in [0, 0.05) is 0 Å². The second-order valence-electron chi connectivity index (χ2n) is 3.42. The fourth-order valence-corrected chi connectivity index (χ4v) is 1.40. The number of esters is 1. The molecule has 0 aromatic carbocycles. The summed E-state index contributed by atoms with van der Waals surface area (Å²) in [5, 5.41) is 0. The number of pyridine rings is 1. The minimum Gasteiger partial charge on any atom is -0.481 e. The highest BCUT2D eigenvalue weighted by Crippen LogP contribution is 2.42. The third-order valence-corrected chi connectivity index (χ3v) is 2.10. The molecule has 0 saturated carbocycles. The van der Waals surface area contributed by atoms with Crippen molar-refractivity contribution >= 4 is 5.97 Å². The first-order valence-electron chi connectivity index (χ1n) is 4.99. The average molecular weight is 319 g/mol. The van der Waals surface area contributed by atoms with E-state index in [4.69, 9.17) is 0 Å². The molecule has 0 saturated heterocycles. The van der Waals surface area contributed by atoms with E-state index < -0.39 is 41.3 Å². The molecular weight excluding hydrogens is 312 g/mol. The van der Waals surface area contributed by atoms with E-state index in [1.54, 1.807) is 0 Å². The summed E-state index contributed by atoms with van der Waals surface area (Å²) in [6.07, 6.45) is -10.2. The molecular formula is C10H7F6NO4. The topological polar surface area (TPSA) is 57.7 Å². The maximum absolute atomic E-state index is 12.9. The van der Waals surface area contributed by atoms with Crippen LogP contribution in [0.4, 0.5) is 26.3 Å². The first-order chi connectivity index (χ1) is 9.51. The number of hydrogen-bond acceptors (Lipinski definition) is 5. The van der Waals surface area contributed by atoms with Crippen LogP contribution in [0.1, 0.15) is 15.9 Å². The SMILES string of the molecule is COC(=O)c1c(OC(F)(F)F)cnc(OC)c1C(F)(F)F. The van der Waals surface area contributed by atoms with Gasteiger partial charge in [-0.3, -0.25) is 0 Å². The van der Waals surface area contributed by atoms with Crippen LogP contribution in [0.25, 0.3) is 0 Å². The third-order valence-electron chi connectivity index (χ3n) is 2.10. The molecule has 0 unspecified atom stereocenters. The minimum absolute atomic E-state index is 0.286. The van der Waals surface area contributed by atoms with Gasteiger partial charge in [0.2, 0.25) is 5.88 Å². The Morgan fingerprint density at radius 1 is 1.14 bits per heavy atom. The van der Waals surface area contributed by atoms with Crippen molar-refractivity contribution < 1.29 is 45.3 Å². The van der Waals surface area contributed by atoms with Crippen LogP contribution in [0.3, 0.4) is 0 Å². The summed E-state index contributed by atoms with van der Waals surface area (Å²) in [6, 6.07) is 0. The molecule has 0 bridgehead atoms. The summed E-state index contributed by atoms with van der Waals surface area (Å²) in [7, 11) is 1.51. The molecule has 1 aromatic heterocycles. The van der Waals surface area contributed by atoms with Crippen LogP contribution in [-0.4, -0.2) is 31.5 Å². The van der Waals surface area contributed by atoms with Crippen LogP contribution >= 0.6 is 0 Å². The zero-order valence-electron chi connectivity index (χ0n) is 10.4. The first kappa shape index (κ1) is 16.9. The van der Waals surface area contributed by atoms with E-state index in [0.29, 0.717) is 7.11 Å². The predicted octanol–water partition coefficient (Wildman–Crippen LogP) is 2.79. The van der Waals surface area contributed by atoms with Gasteiger partial charge in [-0.05, 0) is 0 Å². The van der Waals surface area contributed by atoms with Gasteiger partial charge in [0.25, 0.3) is 0 Å². The second kappa shape index (κ2) is 5.66. The number of nitrogens with zero attached hydrogens (tertiary/aromatic N) is 1. The number of aromatic nitrogens is 1. The monoisotopic (exact) mass is 319 g/mol. The van der Waals surface area contributed by atoms with Gasteiger partial charge in [-0.15, -0.1) is 13.2 Å². The molecule has 0 atom stereocenters. The Hall–Kier alpha value is -2.20. The van der Waals surface area contributed by atoms with E-state index in [0.717, 1.165) is 7.11 Å². The highest BCUT2D eigenvalue weighted by molar-refractivity contribution is 5.95. The van der Waals surface area contributed by atoms with Crippen molar-refractivity contribution in [3.05, 3.63) is 17.3 Å². The summed E-state index contributed by atoms with van der Waals surface area (Å²) in [4.78, 5) is 14.5. The second-order valence-corrected chi connectivity index (χ2v) is 3.42. The van der Waals surface area contributed by atoms with Gasteiger partial charge >= 0.3 is 18.5 Å². The van der Waals surface area contributed by atoms with Crippen molar-refractivity contribution in [3.8, 4) is 11.6 Å². The number of rotatable bonds is 3. The predicted molar refractivity (Wildman–Crippen MR) is 53.8 cm³/mol. The molecule has 0 fully saturated rings. The van der Waals surface area contributed by atoms with Crippen molar-refractivity contribution in [2.24, 2.45) is 0 Å². The van der Waals surface area contributed by atoms with Gasteiger partial charge in [0.15, 0.2) is 5.75 Å². The summed E-state index contributed by atoms with van der Waals surface area (Å²) >= 11 is 0. The molecule has 118 valence electrons. The highest BCUT2D eigenvalue weighted by Gasteiger charge is 2.44. The number of methoxy groups -OCH3 is 2. The van der Waals surface area contributed by atoms with E-state index in [9.17, 15) is 31.1 Å². The van der Waals surface area contributed by atoms with Gasteiger partial charge in [-0.2, -0.15) is 13.2 Å². The number of carbonyl (C=O) groups is 1. The van der Waals surface area contributed by atoms with Crippen molar-refractivity contribution in [1.82, 2.24) is 4.98 Å². The molecule has 21 heavy (non-hydrogen) atoms. The van der Waals surface area contributed by atoms with Crippen LogP contribution in [0.2, 0.25) is 0 Å².